The summed E-state index contributed by atoms with van der Waals surface area (Å²) < 4.78 is 0. The molecule has 0 saturated carbocycles. The molecule has 1 aromatic carbocycles. The molecule has 0 radical (unpaired) electrons. The van der Waals surface area contributed by atoms with Gasteiger partial charge in [-0.3, -0.25) is 9.59 Å². The monoisotopic (exact) mass is 190 g/mol. The summed E-state index contributed by atoms with van der Waals surface area (Å²) in [6.45, 7) is 4.58. The zero-order valence-corrected chi connectivity index (χ0v) is 8.70. The number of hydrogen-bond donors (Lipinski definition) is 0. The topological polar surface area (TPSA) is 34.1 Å². The minimum Gasteiger partial charge on any atom is -0.299 e. The number of carbonyl (C=O) groups is 2. The van der Waals surface area contributed by atoms with E-state index in [9.17, 15) is 9.59 Å². The molecule has 0 heterocycles. The molecule has 0 atom stereocenters. The lowest BCUT2D eigenvalue weighted by Gasteiger charge is -2.23. The average molecular weight is 190 g/mol. The van der Waals surface area contributed by atoms with Crippen LogP contribution in [0.3, 0.4) is 0 Å². The number of Topliss-reactive ketones (excluding diaryl/α,β-unsaturated/α-hetero) is 2. The Morgan fingerprint density at radius 2 is 1.43 bits per heavy atom. The van der Waals surface area contributed by atoms with Crippen LogP contribution in [0.4, 0.5) is 0 Å². The number of benzene rings is 1. The van der Waals surface area contributed by atoms with Gasteiger partial charge in [0.2, 0.25) is 0 Å². The molecule has 0 unspecified atom stereocenters. The molecule has 0 saturated heterocycles. The molecule has 2 nitrogen and oxygen atoms in total. The quantitative estimate of drug-likeness (QED) is 0.684. The fraction of sp³-hybridized carbons (Fsp3) is 0.333. The summed E-state index contributed by atoms with van der Waals surface area (Å²) in [5, 5.41) is 0. The molecule has 0 amide bonds. The highest BCUT2D eigenvalue weighted by atomic mass is 16.2. The van der Waals surface area contributed by atoms with E-state index in [1.165, 1.54) is 13.8 Å². The predicted molar refractivity (Wildman–Crippen MR) is 55.2 cm³/mol. The van der Waals surface area contributed by atoms with Crippen LogP contribution in [0.2, 0.25) is 0 Å². The number of carbonyl (C=O) groups excluding carboxylic acids is 2. The molecule has 1 aromatic rings. The highest BCUT2D eigenvalue weighted by Gasteiger charge is 2.36. The van der Waals surface area contributed by atoms with Gasteiger partial charge in [0, 0.05) is 0 Å². The van der Waals surface area contributed by atoms with Crippen molar-refractivity contribution in [2.24, 2.45) is 0 Å². The zero-order chi connectivity index (χ0) is 10.8. The van der Waals surface area contributed by atoms with E-state index in [2.05, 4.69) is 0 Å². The van der Waals surface area contributed by atoms with Crippen LogP contribution in [0, 0.1) is 0 Å². The first-order chi connectivity index (χ1) is 6.49. The van der Waals surface area contributed by atoms with Crippen molar-refractivity contribution in [3.8, 4) is 0 Å². The fourth-order valence-corrected chi connectivity index (χ4v) is 1.43. The highest BCUT2D eigenvalue weighted by molar-refractivity contribution is 6.10. The Kier molecular flexibility index (Phi) is 2.84. The van der Waals surface area contributed by atoms with Crippen LogP contribution < -0.4 is 0 Å². The largest absolute Gasteiger partial charge is 0.299 e. The van der Waals surface area contributed by atoms with Crippen molar-refractivity contribution in [2.75, 3.05) is 0 Å². The molecule has 2 heteroatoms. The third-order valence-corrected chi connectivity index (χ3v) is 2.76. The zero-order valence-electron chi connectivity index (χ0n) is 8.70. The summed E-state index contributed by atoms with van der Waals surface area (Å²) in [5.41, 5.74) is -0.221. The number of hydrogen-bond acceptors (Lipinski definition) is 2. The van der Waals surface area contributed by atoms with Gasteiger partial charge in [-0.25, -0.2) is 0 Å². The van der Waals surface area contributed by atoms with Crippen molar-refractivity contribution in [3.05, 3.63) is 35.9 Å². The van der Waals surface area contributed by atoms with Crippen LogP contribution in [0.5, 0.6) is 0 Å². The normalized spacial score (nSPS) is 11.1. The molecule has 0 aromatic heterocycles. The van der Waals surface area contributed by atoms with E-state index in [0.717, 1.165) is 5.56 Å². The lowest BCUT2D eigenvalue weighted by Crippen LogP contribution is -2.37. The second-order valence-electron chi connectivity index (χ2n) is 3.60. The lowest BCUT2D eigenvalue weighted by molar-refractivity contribution is -0.132. The third-order valence-electron chi connectivity index (χ3n) is 2.76. The van der Waals surface area contributed by atoms with E-state index >= 15 is 0 Å². The summed E-state index contributed by atoms with van der Waals surface area (Å²) in [6.07, 6.45) is 0. The minimum atomic E-state index is -0.985. The van der Waals surface area contributed by atoms with Crippen molar-refractivity contribution < 1.29 is 9.59 Å². The van der Waals surface area contributed by atoms with Gasteiger partial charge in [-0.15, -0.1) is 0 Å². The third kappa shape index (κ3) is 1.60. The van der Waals surface area contributed by atoms with Gasteiger partial charge in [-0.1, -0.05) is 30.3 Å². The van der Waals surface area contributed by atoms with E-state index in [-0.39, 0.29) is 11.6 Å². The van der Waals surface area contributed by atoms with E-state index in [4.69, 9.17) is 0 Å². The van der Waals surface area contributed by atoms with Gasteiger partial charge in [-0.2, -0.15) is 0 Å². The maximum absolute atomic E-state index is 11.5. The summed E-state index contributed by atoms with van der Waals surface area (Å²) in [7, 11) is 0. The second-order valence-corrected chi connectivity index (χ2v) is 3.60. The van der Waals surface area contributed by atoms with E-state index in [1.807, 2.05) is 30.3 Å². The first kappa shape index (κ1) is 10.6. The molecule has 0 N–H and O–H groups in total. The van der Waals surface area contributed by atoms with E-state index < -0.39 is 5.41 Å². The van der Waals surface area contributed by atoms with Crippen molar-refractivity contribution >= 4 is 11.6 Å². The Morgan fingerprint density at radius 3 is 1.79 bits per heavy atom. The van der Waals surface area contributed by atoms with Gasteiger partial charge in [-0.05, 0) is 26.3 Å². The number of ketones is 2. The van der Waals surface area contributed by atoms with Crippen molar-refractivity contribution in [1.29, 1.82) is 0 Å². The van der Waals surface area contributed by atoms with Gasteiger partial charge in [0.05, 0.1) is 0 Å². The van der Waals surface area contributed by atoms with Gasteiger partial charge < -0.3 is 0 Å². The van der Waals surface area contributed by atoms with Crippen LogP contribution in [0.1, 0.15) is 26.3 Å². The summed E-state index contributed by atoms with van der Waals surface area (Å²) in [5.74, 6) is -0.229. The molecule has 1 rings (SSSR count). The molecule has 14 heavy (non-hydrogen) atoms. The van der Waals surface area contributed by atoms with Crippen molar-refractivity contribution in [2.45, 2.75) is 26.2 Å². The van der Waals surface area contributed by atoms with Crippen LogP contribution in [0.25, 0.3) is 0 Å². The van der Waals surface area contributed by atoms with Gasteiger partial charge in [0.15, 0.2) is 0 Å². The predicted octanol–water partition coefficient (Wildman–Crippen LogP) is 2.12. The maximum Gasteiger partial charge on any atom is 0.147 e. The minimum absolute atomic E-state index is 0.115. The van der Waals surface area contributed by atoms with Crippen LogP contribution in [-0.4, -0.2) is 11.6 Å². The second kappa shape index (κ2) is 3.74. The Hall–Kier alpha value is -1.44. The first-order valence-corrected chi connectivity index (χ1v) is 4.57. The molecule has 0 aliphatic heterocycles. The summed E-state index contributed by atoms with van der Waals surface area (Å²) in [6, 6.07) is 9.15. The number of rotatable bonds is 3. The summed E-state index contributed by atoms with van der Waals surface area (Å²) >= 11 is 0. The van der Waals surface area contributed by atoms with E-state index in [1.54, 1.807) is 6.92 Å². The fourth-order valence-electron chi connectivity index (χ4n) is 1.43. The van der Waals surface area contributed by atoms with Gasteiger partial charge in [0.1, 0.15) is 17.0 Å². The van der Waals surface area contributed by atoms with Crippen LogP contribution >= 0.6 is 0 Å². The molecule has 0 spiro atoms. The Balaban J connectivity index is 3.27. The van der Waals surface area contributed by atoms with Crippen molar-refractivity contribution in [1.82, 2.24) is 0 Å². The maximum atomic E-state index is 11.5. The Labute approximate surface area is 83.9 Å². The molecule has 0 bridgehead atoms. The molecular weight excluding hydrogens is 176 g/mol. The molecule has 0 aliphatic rings. The average Bonchev–Trinajstić information content (AvgIpc) is 2.17. The lowest BCUT2D eigenvalue weighted by atomic mass is 9.76. The smallest absolute Gasteiger partial charge is 0.147 e. The molecule has 0 fully saturated rings. The van der Waals surface area contributed by atoms with Crippen LogP contribution in [0.15, 0.2) is 30.3 Å². The molecule has 74 valence electrons. The first-order valence-electron chi connectivity index (χ1n) is 4.57. The summed E-state index contributed by atoms with van der Waals surface area (Å²) in [4.78, 5) is 23.0. The Bertz CT molecular complexity index is 338. The molecular formula is C12H14O2. The van der Waals surface area contributed by atoms with E-state index in [0.29, 0.717) is 0 Å². The highest BCUT2D eigenvalue weighted by Crippen LogP contribution is 2.25. The standard InChI is InChI=1S/C12H14O2/c1-9(13)12(3,10(2)14)11-7-5-4-6-8-11/h4-8H,1-3H3. The Morgan fingerprint density at radius 1 is 1.00 bits per heavy atom. The molecule has 0 aliphatic carbocycles. The van der Waals surface area contributed by atoms with Gasteiger partial charge >= 0.3 is 0 Å². The SMILES string of the molecule is CC(=O)C(C)(C(C)=O)c1ccccc1. The van der Waals surface area contributed by atoms with Gasteiger partial charge in [0.25, 0.3) is 0 Å². The van der Waals surface area contributed by atoms with Crippen molar-refractivity contribution in [3.63, 3.8) is 0 Å². The van der Waals surface area contributed by atoms with Crippen LogP contribution in [-0.2, 0) is 15.0 Å².